The van der Waals surface area contributed by atoms with Crippen LogP contribution in [0.25, 0.3) is 0 Å². The summed E-state index contributed by atoms with van der Waals surface area (Å²) in [4.78, 5) is 11.7. The van der Waals surface area contributed by atoms with Crippen molar-refractivity contribution in [3.05, 3.63) is 59.8 Å². The van der Waals surface area contributed by atoms with E-state index in [0.29, 0.717) is 6.54 Å². The molecule has 0 radical (unpaired) electrons. The first-order valence-corrected chi connectivity index (χ1v) is 10.6. The molecule has 0 atom stereocenters. The Labute approximate surface area is 191 Å². The van der Waals surface area contributed by atoms with E-state index in [1.54, 1.807) is 0 Å². The second-order valence-corrected chi connectivity index (χ2v) is 7.91. The van der Waals surface area contributed by atoms with Gasteiger partial charge in [-0.2, -0.15) is 0 Å². The Morgan fingerprint density at radius 1 is 1.10 bits per heavy atom. The van der Waals surface area contributed by atoms with E-state index < -0.39 is 0 Å². The fourth-order valence-corrected chi connectivity index (χ4v) is 3.95. The van der Waals surface area contributed by atoms with Gasteiger partial charge in [0.25, 0.3) is 0 Å². The molecule has 0 unspecified atom stereocenters. The Morgan fingerprint density at radius 2 is 1.86 bits per heavy atom. The molecule has 2 N–H and O–H groups in total. The Hall–Kier alpha value is -1.83. The molecule has 5 nitrogen and oxygen atoms in total. The van der Waals surface area contributed by atoms with Crippen LogP contribution in [-0.4, -0.2) is 37.1 Å². The Bertz CT molecular complexity index is 798. The van der Waals surface area contributed by atoms with Gasteiger partial charge in [-0.1, -0.05) is 30.3 Å². The number of hydrogen-bond acceptors (Lipinski definition) is 3. The molecule has 2 aromatic rings. The summed E-state index contributed by atoms with van der Waals surface area (Å²) in [6, 6.07) is 15.1. The van der Waals surface area contributed by atoms with E-state index in [4.69, 9.17) is 4.99 Å². The zero-order valence-electron chi connectivity index (χ0n) is 17.2. The smallest absolute Gasteiger partial charge is 0.191 e. The second kappa shape index (κ2) is 10.3. The molecule has 1 aliphatic heterocycles. The Morgan fingerprint density at radius 3 is 2.55 bits per heavy atom. The minimum atomic E-state index is 0. The van der Waals surface area contributed by atoms with Gasteiger partial charge in [0, 0.05) is 37.8 Å². The monoisotopic (exact) mass is 505 g/mol. The maximum Gasteiger partial charge on any atom is 0.191 e. The molecule has 0 amide bonds. The first-order chi connectivity index (χ1) is 13.8. The number of hydrogen-bond donors (Lipinski definition) is 2. The third-order valence-electron chi connectivity index (χ3n) is 5.84. The molecular formula is C23H32IN5. The lowest BCUT2D eigenvalue weighted by Crippen LogP contribution is -2.41. The SMILES string of the molecule is CCNC(=NCc1ccnc(N2CCCC2)c1)NCC1(c2ccccc2)CC1.I. The predicted molar refractivity (Wildman–Crippen MR) is 131 cm³/mol. The summed E-state index contributed by atoms with van der Waals surface area (Å²) in [6.45, 7) is 6.80. The highest BCUT2D eigenvalue weighted by molar-refractivity contribution is 14.0. The van der Waals surface area contributed by atoms with Crippen LogP contribution in [0.1, 0.15) is 43.7 Å². The molecule has 1 aromatic carbocycles. The van der Waals surface area contributed by atoms with Crippen molar-refractivity contribution in [2.24, 2.45) is 4.99 Å². The third-order valence-corrected chi connectivity index (χ3v) is 5.84. The van der Waals surface area contributed by atoms with Gasteiger partial charge >= 0.3 is 0 Å². The van der Waals surface area contributed by atoms with Crippen molar-refractivity contribution in [3.8, 4) is 0 Å². The first-order valence-electron chi connectivity index (χ1n) is 10.6. The minimum Gasteiger partial charge on any atom is -0.357 e. The lowest BCUT2D eigenvalue weighted by Gasteiger charge is -2.19. The van der Waals surface area contributed by atoms with Crippen molar-refractivity contribution in [2.75, 3.05) is 31.1 Å². The molecular weight excluding hydrogens is 473 g/mol. The van der Waals surface area contributed by atoms with Crippen molar-refractivity contribution in [1.29, 1.82) is 0 Å². The van der Waals surface area contributed by atoms with Gasteiger partial charge in [-0.25, -0.2) is 9.98 Å². The molecule has 0 spiro atoms. The maximum atomic E-state index is 4.82. The summed E-state index contributed by atoms with van der Waals surface area (Å²) < 4.78 is 0. The first kappa shape index (κ1) is 21.9. The van der Waals surface area contributed by atoms with Gasteiger partial charge in [0.1, 0.15) is 5.82 Å². The van der Waals surface area contributed by atoms with E-state index in [0.717, 1.165) is 38.0 Å². The number of halogens is 1. The molecule has 1 saturated carbocycles. The van der Waals surface area contributed by atoms with Gasteiger partial charge in [-0.05, 0) is 55.9 Å². The topological polar surface area (TPSA) is 52.6 Å². The number of guanidine groups is 1. The van der Waals surface area contributed by atoms with Gasteiger partial charge in [0.2, 0.25) is 0 Å². The summed E-state index contributed by atoms with van der Waals surface area (Å²) >= 11 is 0. The fraction of sp³-hybridized carbons (Fsp3) is 0.478. The highest BCUT2D eigenvalue weighted by Gasteiger charge is 2.43. The van der Waals surface area contributed by atoms with Crippen molar-refractivity contribution in [2.45, 2.75) is 44.6 Å². The zero-order valence-corrected chi connectivity index (χ0v) is 19.6. The molecule has 6 heteroatoms. The zero-order chi connectivity index (χ0) is 19.2. The number of nitrogens with zero attached hydrogens (tertiary/aromatic N) is 3. The number of benzene rings is 1. The Balaban J connectivity index is 0.00000240. The van der Waals surface area contributed by atoms with Crippen LogP contribution in [0.5, 0.6) is 0 Å². The van der Waals surface area contributed by atoms with Gasteiger partial charge in [-0.15, -0.1) is 24.0 Å². The number of pyridine rings is 1. The van der Waals surface area contributed by atoms with Crippen LogP contribution in [0.3, 0.4) is 0 Å². The molecule has 2 aliphatic rings. The lowest BCUT2D eigenvalue weighted by atomic mass is 9.96. The summed E-state index contributed by atoms with van der Waals surface area (Å²) in [5.41, 5.74) is 2.91. The Kier molecular flexibility index (Phi) is 7.75. The normalized spacial score (nSPS) is 17.6. The predicted octanol–water partition coefficient (Wildman–Crippen LogP) is 4.09. The standard InChI is InChI=1S/C23H31N5.HI/c1-2-24-22(27-18-23(11-12-23)20-8-4-3-5-9-20)26-17-19-10-13-25-21(16-19)28-14-6-7-15-28;/h3-5,8-10,13,16H,2,6-7,11-12,14-15,17-18H2,1H3,(H2,24,26,27);1H. The highest BCUT2D eigenvalue weighted by Crippen LogP contribution is 2.47. The van der Waals surface area contributed by atoms with Gasteiger partial charge < -0.3 is 15.5 Å². The minimum absolute atomic E-state index is 0. The van der Waals surface area contributed by atoms with E-state index in [2.05, 4.69) is 69.9 Å². The third kappa shape index (κ3) is 5.62. The van der Waals surface area contributed by atoms with Crippen molar-refractivity contribution in [3.63, 3.8) is 0 Å². The van der Waals surface area contributed by atoms with Crippen LogP contribution >= 0.6 is 24.0 Å². The van der Waals surface area contributed by atoms with Crippen LogP contribution < -0.4 is 15.5 Å². The molecule has 2 heterocycles. The van der Waals surface area contributed by atoms with Crippen molar-refractivity contribution < 1.29 is 0 Å². The average molecular weight is 505 g/mol. The number of nitrogens with one attached hydrogen (secondary N) is 2. The van der Waals surface area contributed by atoms with E-state index in [1.165, 1.54) is 36.8 Å². The molecule has 4 rings (SSSR count). The van der Waals surface area contributed by atoms with Crippen LogP contribution in [0.2, 0.25) is 0 Å². The quantitative estimate of drug-likeness (QED) is 0.338. The van der Waals surface area contributed by atoms with E-state index >= 15 is 0 Å². The average Bonchev–Trinajstić information content (AvgIpc) is 3.33. The lowest BCUT2D eigenvalue weighted by molar-refractivity contribution is 0.646. The van der Waals surface area contributed by atoms with Crippen LogP contribution in [-0.2, 0) is 12.0 Å². The number of aromatic nitrogens is 1. The van der Waals surface area contributed by atoms with Crippen LogP contribution in [0.15, 0.2) is 53.7 Å². The van der Waals surface area contributed by atoms with Gasteiger partial charge in [-0.3, -0.25) is 0 Å². The largest absolute Gasteiger partial charge is 0.357 e. The summed E-state index contributed by atoms with van der Waals surface area (Å²) in [5, 5.41) is 6.96. The molecule has 0 bridgehead atoms. The molecule has 1 aliphatic carbocycles. The van der Waals surface area contributed by atoms with Gasteiger partial charge in [0.15, 0.2) is 5.96 Å². The second-order valence-electron chi connectivity index (χ2n) is 7.91. The van der Waals surface area contributed by atoms with E-state index in [-0.39, 0.29) is 29.4 Å². The molecule has 1 aromatic heterocycles. The van der Waals surface area contributed by atoms with Crippen LogP contribution in [0.4, 0.5) is 5.82 Å². The molecule has 1 saturated heterocycles. The maximum absolute atomic E-state index is 4.82. The molecule has 2 fully saturated rings. The van der Waals surface area contributed by atoms with E-state index in [1.807, 2.05) is 6.20 Å². The van der Waals surface area contributed by atoms with Crippen LogP contribution in [0, 0.1) is 0 Å². The van der Waals surface area contributed by atoms with E-state index in [9.17, 15) is 0 Å². The van der Waals surface area contributed by atoms with Crippen molar-refractivity contribution >= 4 is 35.8 Å². The molecule has 156 valence electrons. The summed E-state index contributed by atoms with van der Waals surface area (Å²) in [5.74, 6) is 1.98. The number of rotatable bonds is 7. The van der Waals surface area contributed by atoms with Gasteiger partial charge in [0.05, 0.1) is 6.54 Å². The van der Waals surface area contributed by atoms with Crippen molar-refractivity contribution in [1.82, 2.24) is 15.6 Å². The summed E-state index contributed by atoms with van der Waals surface area (Å²) in [6.07, 6.45) is 6.93. The number of aliphatic imine (C=N–C) groups is 1. The summed E-state index contributed by atoms with van der Waals surface area (Å²) in [7, 11) is 0. The molecule has 29 heavy (non-hydrogen) atoms. The highest BCUT2D eigenvalue weighted by atomic mass is 127. The fourth-order valence-electron chi connectivity index (χ4n) is 3.95. The number of anilines is 1.